The highest BCUT2D eigenvalue weighted by Crippen LogP contribution is 2.47. The van der Waals surface area contributed by atoms with Gasteiger partial charge >= 0.3 is 0 Å². The maximum Gasteiger partial charge on any atom is 0.191 e. The molecule has 6 nitrogen and oxygen atoms in total. The SMILES string of the molecule is CCNC(=NCc1ncnn1C)NCC1(Cc2ccccc2)CC1. The second-order valence-corrected chi connectivity index (χ2v) is 6.51. The Labute approximate surface area is 143 Å². The second-order valence-electron chi connectivity index (χ2n) is 6.51. The summed E-state index contributed by atoms with van der Waals surface area (Å²) < 4.78 is 1.75. The van der Waals surface area contributed by atoms with Crippen LogP contribution in [0, 0.1) is 5.41 Å². The van der Waals surface area contributed by atoms with Gasteiger partial charge < -0.3 is 10.6 Å². The molecule has 128 valence electrons. The molecule has 1 aliphatic rings. The number of nitrogens with one attached hydrogen (secondary N) is 2. The van der Waals surface area contributed by atoms with E-state index in [1.165, 1.54) is 18.4 Å². The molecule has 0 saturated heterocycles. The number of aliphatic imine (C=N–C) groups is 1. The standard InChI is InChI=1S/C18H26N6/c1-3-19-17(20-12-16-22-14-23-24(16)2)21-13-18(9-10-18)11-15-7-5-4-6-8-15/h4-8,14H,3,9-13H2,1-2H3,(H2,19,20,21). The summed E-state index contributed by atoms with van der Waals surface area (Å²) in [6.45, 7) is 4.40. The summed E-state index contributed by atoms with van der Waals surface area (Å²) in [6.07, 6.45) is 5.24. The number of hydrogen-bond acceptors (Lipinski definition) is 3. The molecule has 24 heavy (non-hydrogen) atoms. The zero-order chi connectivity index (χ0) is 16.8. The van der Waals surface area contributed by atoms with E-state index in [9.17, 15) is 0 Å². The average Bonchev–Trinajstić information content (AvgIpc) is 3.23. The molecule has 0 bridgehead atoms. The largest absolute Gasteiger partial charge is 0.357 e. The molecule has 0 aliphatic heterocycles. The van der Waals surface area contributed by atoms with Crippen LogP contribution in [0.4, 0.5) is 0 Å². The Morgan fingerprint density at radius 1 is 1.25 bits per heavy atom. The Kier molecular flexibility index (Phi) is 5.13. The predicted octanol–water partition coefficient (Wildman–Crippen LogP) is 1.89. The van der Waals surface area contributed by atoms with Crippen LogP contribution in [0.5, 0.6) is 0 Å². The van der Waals surface area contributed by atoms with Gasteiger partial charge in [0, 0.05) is 20.1 Å². The molecule has 0 unspecified atom stereocenters. The summed E-state index contributed by atoms with van der Waals surface area (Å²) in [5.74, 6) is 1.71. The number of aryl methyl sites for hydroxylation is 1. The number of hydrogen-bond donors (Lipinski definition) is 2. The van der Waals surface area contributed by atoms with Gasteiger partial charge in [0.2, 0.25) is 0 Å². The molecule has 1 aromatic heterocycles. The summed E-state index contributed by atoms with van der Waals surface area (Å²) >= 11 is 0. The van der Waals surface area contributed by atoms with Crippen LogP contribution < -0.4 is 10.6 Å². The van der Waals surface area contributed by atoms with E-state index in [0.29, 0.717) is 12.0 Å². The summed E-state index contributed by atoms with van der Waals surface area (Å²) in [6, 6.07) is 10.7. The first-order chi connectivity index (χ1) is 11.7. The zero-order valence-electron chi connectivity index (χ0n) is 14.5. The van der Waals surface area contributed by atoms with Crippen molar-refractivity contribution in [2.24, 2.45) is 17.5 Å². The van der Waals surface area contributed by atoms with Crippen LogP contribution in [0.2, 0.25) is 0 Å². The Balaban J connectivity index is 1.57. The smallest absolute Gasteiger partial charge is 0.191 e. The van der Waals surface area contributed by atoms with E-state index in [1.54, 1.807) is 11.0 Å². The molecule has 1 aliphatic carbocycles. The van der Waals surface area contributed by atoms with Crippen molar-refractivity contribution in [3.8, 4) is 0 Å². The van der Waals surface area contributed by atoms with Gasteiger partial charge in [-0.25, -0.2) is 9.98 Å². The van der Waals surface area contributed by atoms with Gasteiger partial charge in [-0.2, -0.15) is 5.10 Å². The maximum absolute atomic E-state index is 4.63. The first-order valence-corrected chi connectivity index (χ1v) is 8.60. The molecule has 1 aromatic carbocycles. The molecule has 0 amide bonds. The van der Waals surface area contributed by atoms with E-state index in [-0.39, 0.29) is 0 Å². The topological polar surface area (TPSA) is 67.1 Å². The fourth-order valence-corrected chi connectivity index (χ4v) is 2.85. The van der Waals surface area contributed by atoms with E-state index in [1.807, 2.05) is 7.05 Å². The van der Waals surface area contributed by atoms with Crippen LogP contribution in [-0.4, -0.2) is 33.8 Å². The number of benzene rings is 1. The van der Waals surface area contributed by atoms with Gasteiger partial charge in [-0.1, -0.05) is 30.3 Å². The van der Waals surface area contributed by atoms with E-state index in [0.717, 1.165) is 31.3 Å². The van der Waals surface area contributed by atoms with E-state index in [4.69, 9.17) is 0 Å². The van der Waals surface area contributed by atoms with Gasteiger partial charge in [0.15, 0.2) is 5.96 Å². The van der Waals surface area contributed by atoms with Crippen LogP contribution in [0.3, 0.4) is 0 Å². The second kappa shape index (κ2) is 7.47. The Morgan fingerprint density at radius 3 is 2.67 bits per heavy atom. The molecule has 0 atom stereocenters. The van der Waals surface area contributed by atoms with Crippen LogP contribution in [0.15, 0.2) is 41.7 Å². The van der Waals surface area contributed by atoms with Gasteiger partial charge in [0.25, 0.3) is 0 Å². The van der Waals surface area contributed by atoms with Crippen molar-refractivity contribution in [3.05, 3.63) is 48.0 Å². The molecular weight excluding hydrogens is 300 g/mol. The summed E-state index contributed by atoms with van der Waals surface area (Å²) in [4.78, 5) is 8.84. The van der Waals surface area contributed by atoms with Gasteiger partial charge in [-0.15, -0.1) is 0 Å². The molecule has 3 rings (SSSR count). The zero-order valence-corrected chi connectivity index (χ0v) is 14.5. The van der Waals surface area contributed by atoms with Crippen LogP contribution >= 0.6 is 0 Å². The lowest BCUT2D eigenvalue weighted by Gasteiger charge is -2.18. The van der Waals surface area contributed by atoms with Gasteiger partial charge in [0.1, 0.15) is 18.7 Å². The Morgan fingerprint density at radius 2 is 2.04 bits per heavy atom. The minimum absolute atomic E-state index is 0.377. The molecule has 2 N–H and O–H groups in total. The monoisotopic (exact) mass is 326 g/mol. The van der Waals surface area contributed by atoms with E-state index in [2.05, 4.69) is 63.0 Å². The van der Waals surface area contributed by atoms with Crippen LogP contribution in [0.25, 0.3) is 0 Å². The molecule has 1 heterocycles. The molecule has 2 aromatic rings. The Hall–Kier alpha value is -2.37. The van der Waals surface area contributed by atoms with E-state index < -0.39 is 0 Å². The van der Waals surface area contributed by atoms with E-state index >= 15 is 0 Å². The third kappa shape index (κ3) is 4.34. The number of aromatic nitrogens is 3. The van der Waals surface area contributed by atoms with Crippen molar-refractivity contribution in [1.29, 1.82) is 0 Å². The number of rotatable bonds is 7. The highest BCUT2D eigenvalue weighted by Gasteiger charge is 2.42. The van der Waals surface area contributed by atoms with Crippen molar-refractivity contribution < 1.29 is 0 Å². The molecule has 1 fully saturated rings. The van der Waals surface area contributed by atoms with Gasteiger partial charge in [-0.05, 0) is 37.2 Å². The normalized spacial score (nSPS) is 16.0. The quantitative estimate of drug-likeness (QED) is 0.602. The van der Waals surface area contributed by atoms with Crippen LogP contribution in [0.1, 0.15) is 31.2 Å². The van der Waals surface area contributed by atoms with Crippen molar-refractivity contribution >= 4 is 5.96 Å². The maximum atomic E-state index is 4.63. The first-order valence-electron chi connectivity index (χ1n) is 8.60. The summed E-state index contributed by atoms with van der Waals surface area (Å²) in [5, 5.41) is 10.9. The Bertz CT molecular complexity index is 672. The van der Waals surface area contributed by atoms with Gasteiger partial charge in [0.05, 0.1) is 0 Å². The lowest BCUT2D eigenvalue weighted by molar-refractivity contribution is 0.492. The molecule has 0 spiro atoms. The predicted molar refractivity (Wildman–Crippen MR) is 95.6 cm³/mol. The highest BCUT2D eigenvalue weighted by atomic mass is 15.3. The number of nitrogens with zero attached hydrogens (tertiary/aromatic N) is 4. The fourth-order valence-electron chi connectivity index (χ4n) is 2.85. The molecule has 1 saturated carbocycles. The minimum Gasteiger partial charge on any atom is -0.357 e. The van der Waals surface area contributed by atoms with Crippen molar-refractivity contribution in [1.82, 2.24) is 25.4 Å². The first kappa shape index (κ1) is 16.5. The van der Waals surface area contributed by atoms with Crippen LogP contribution in [-0.2, 0) is 20.0 Å². The molecular formula is C18H26N6. The average molecular weight is 326 g/mol. The van der Waals surface area contributed by atoms with Crippen molar-refractivity contribution in [2.45, 2.75) is 32.7 Å². The lowest BCUT2D eigenvalue weighted by Crippen LogP contribution is -2.40. The van der Waals surface area contributed by atoms with Crippen molar-refractivity contribution in [2.75, 3.05) is 13.1 Å². The number of guanidine groups is 1. The molecule has 0 radical (unpaired) electrons. The summed E-state index contributed by atoms with van der Waals surface area (Å²) in [5.41, 5.74) is 1.79. The summed E-state index contributed by atoms with van der Waals surface area (Å²) in [7, 11) is 1.89. The fraction of sp³-hybridized carbons (Fsp3) is 0.500. The van der Waals surface area contributed by atoms with Crippen molar-refractivity contribution in [3.63, 3.8) is 0 Å². The molecule has 6 heteroatoms. The lowest BCUT2D eigenvalue weighted by atomic mass is 9.96. The van der Waals surface area contributed by atoms with Gasteiger partial charge in [-0.3, -0.25) is 4.68 Å². The third-order valence-corrected chi connectivity index (χ3v) is 4.54. The third-order valence-electron chi connectivity index (χ3n) is 4.54. The minimum atomic E-state index is 0.377. The highest BCUT2D eigenvalue weighted by molar-refractivity contribution is 5.79.